The van der Waals surface area contributed by atoms with Crippen LogP contribution in [0, 0.1) is 5.92 Å². The van der Waals surface area contributed by atoms with Crippen LogP contribution >= 0.6 is 0 Å². The number of anilines is 1. The molecule has 1 aromatic rings. The average molecular weight is 264 g/mol. The van der Waals surface area contributed by atoms with Crippen molar-refractivity contribution in [1.29, 1.82) is 0 Å². The van der Waals surface area contributed by atoms with E-state index in [4.69, 9.17) is 0 Å². The summed E-state index contributed by atoms with van der Waals surface area (Å²) in [4.78, 5) is 9.17. The normalized spacial score (nSPS) is 11.6. The Labute approximate surface area is 117 Å². The van der Waals surface area contributed by atoms with E-state index < -0.39 is 0 Å². The summed E-state index contributed by atoms with van der Waals surface area (Å²) in [5, 5.41) is 3.16. The van der Waals surface area contributed by atoms with E-state index >= 15 is 0 Å². The van der Waals surface area contributed by atoms with Crippen molar-refractivity contribution in [3.05, 3.63) is 24.0 Å². The monoisotopic (exact) mass is 264 g/mol. The highest BCUT2D eigenvalue weighted by Crippen LogP contribution is 2.10. The summed E-state index contributed by atoms with van der Waals surface area (Å²) in [6.07, 6.45) is 1.88. The largest absolute Gasteiger partial charge is 0.388 e. The fraction of sp³-hybridized carbons (Fsp3) is 0.667. The van der Waals surface area contributed by atoms with Gasteiger partial charge in [-0.15, -0.1) is 0 Å². The quantitative estimate of drug-likeness (QED) is 0.779. The standard InChI is InChI=1S/C15H28N4/c1-13(2)11-19(9-8-18(4)5)12-15-10-14(16-3)6-7-17-15/h6-7,10,13H,8-9,11-12H2,1-5H3,(H,16,17). The summed E-state index contributed by atoms with van der Waals surface area (Å²) in [5.74, 6) is 0.676. The summed E-state index contributed by atoms with van der Waals surface area (Å²) in [7, 11) is 6.18. The van der Waals surface area contributed by atoms with Gasteiger partial charge in [0.25, 0.3) is 0 Å². The van der Waals surface area contributed by atoms with Crippen LogP contribution in [0.25, 0.3) is 0 Å². The molecule has 0 bridgehead atoms. The molecule has 0 aromatic carbocycles. The Kier molecular flexibility index (Phi) is 6.81. The molecule has 108 valence electrons. The van der Waals surface area contributed by atoms with Crippen LogP contribution in [0.4, 0.5) is 5.69 Å². The van der Waals surface area contributed by atoms with Crippen molar-refractivity contribution >= 4 is 5.69 Å². The van der Waals surface area contributed by atoms with Gasteiger partial charge in [0.2, 0.25) is 0 Å². The third kappa shape index (κ3) is 6.55. The summed E-state index contributed by atoms with van der Waals surface area (Å²) in [5.41, 5.74) is 2.26. The summed E-state index contributed by atoms with van der Waals surface area (Å²) < 4.78 is 0. The maximum absolute atomic E-state index is 4.47. The van der Waals surface area contributed by atoms with Gasteiger partial charge >= 0.3 is 0 Å². The Morgan fingerprint density at radius 2 is 2.00 bits per heavy atom. The van der Waals surface area contributed by atoms with Gasteiger partial charge in [0.05, 0.1) is 5.69 Å². The number of pyridine rings is 1. The molecule has 0 spiro atoms. The second kappa shape index (κ2) is 8.12. The average Bonchev–Trinajstić information content (AvgIpc) is 2.35. The third-order valence-corrected chi connectivity index (χ3v) is 2.98. The Balaban J connectivity index is 2.63. The van der Waals surface area contributed by atoms with E-state index in [1.165, 1.54) is 0 Å². The van der Waals surface area contributed by atoms with Gasteiger partial charge in [-0.2, -0.15) is 0 Å². The van der Waals surface area contributed by atoms with E-state index in [-0.39, 0.29) is 0 Å². The van der Waals surface area contributed by atoms with Crippen LogP contribution in [0.2, 0.25) is 0 Å². The van der Waals surface area contributed by atoms with Gasteiger partial charge in [-0.25, -0.2) is 0 Å². The zero-order chi connectivity index (χ0) is 14.3. The number of likely N-dealkylation sites (N-methyl/N-ethyl adjacent to an activating group) is 1. The third-order valence-electron chi connectivity index (χ3n) is 2.98. The van der Waals surface area contributed by atoms with E-state index in [1.54, 1.807) is 0 Å². The molecule has 0 radical (unpaired) electrons. The molecule has 1 rings (SSSR count). The fourth-order valence-corrected chi connectivity index (χ4v) is 2.04. The van der Waals surface area contributed by atoms with Crippen LogP contribution in [0.15, 0.2) is 18.3 Å². The first-order valence-corrected chi connectivity index (χ1v) is 7.01. The molecule has 1 heterocycles. The number of nitrogens with one attached hydrogen (secondary N) is 1. The summed E-state index contributed by atoms with van der Waals surface area (Å²) >= 11 is 0. The lowest BCUT2D eigenvalue weighted by Crippen LogP contribution is -2.34. The topological polar surface area (TPSA) is 31.4 Å². The van der Waals surface area contributed by atoms with Crippen molar-refractivity contribution in [2.75, 3.05) is 46.1 Å². The number of nitrogens with zero attached hydrogens (tertiary/aromatic N) is 3. The second-order valence-electron chi connectivity index (χ2n) is 5.72. The summed E-state index contributed by atoms with van der Waals surface area (Å²) in [6.45, 7) is 8.72. The van der Waals surface area contributed by atoms with Crippen molar-refractivity contribution in [1.82, 2.24) is 14.8 Å². The minimum Gasteiger partial charge on any atom is -0.388 e. The summed E-state index contributed by atoms with van der Waals surface area (Å²) in [6, 6.07) is 4.12. The molecule has 1 aromatic heterocycles. The molecule has 0 saturated heterocycles. The molecule has 0 fully saturated rings. The van der Waals surface area contributed by atoms with Crippen LogP contribution in [0.3, 0.4) is 0 Å². The highest BCUT2D eigenvalue weighted by molar-refractivity contribution is 5.42. The van der Waals surface area contributed by atoms with Gasteiger partial charge in [0.15, 0.2) is 0 Å². The Morgan fingerprint density at radius 3 is 2.58 bits per heavy atom. The Morgan fingerprint density at radius 1 is 1.26 bits per heavy atom. The van der Waals surface area contributed by atoms with Crippen LogP contribution in [-0.4, -0.2) is 55.6 Å². The number of aromatic nitrogens is 1. The minimum atomic E-state index is 0.676. The van der Waals surface area contributed by atoms with Gasteiger partial charge < -0.3 is 10.2 Å². The molecule has 0 aliphatic heterocycles. The molecule has 0 unspecified atom stereocenters. The lowest BCUT2D eigenvalue weighted by atomic mass is 10.2. The predicted molar refractivity (Wildman–Crippen MR) is 82.5 cm³/mol. The zero-order valence-electron chi connectivity index (χ0n) is 13.0. The molecule has 0 aliphatic rings. The Hall–Kier alpha value is -1.13. The molecule has 1 N–H and O–H groups in total. The van der Waals surface area contributed by atoms with Gasteiger partial charge in [-0.05, 0) is 32.1 Å². The zero-order valence-corrected chi connectivity index (χ0v) is 13.0. The van der Waals surface area contributed by atoms with Gasteiger partial charge in [0.1, 0.15) is 0 Å². The molecule has 0 amide bonds. The van der Waals surface area contributed by atoms with Gasteiger partial charge in [-0.3, -0.25) is 9.88 Å². The first-order valence-electron chi connectivity index (χ1n) is 7.01. The van der Waals surface area contributed by atoms with Crippen LogP contribution < -0.4 is 5.32 Å². The molecule has 0 aliphatic carbocycles. The van der Waals surface area contributed by atoms with Crippen molar-refractivity contribution in [2.45, 2.75) is 20.4 Å². The number of hydrogen-bond acceptors (Lipinski definition) is 4. The first kappa shape index (κ1) is 15.9. The van der Waals surface area contributed by atoms with E-state index in [2.05, 4.69) is 54.1 Å². The lowest BCUT2D eigenvalue weighted by Gasteiger charge is -2.25. The molecule has 0 atom stereocenters. The van der Waals surface area contributed by atoms with Crippen molar-refractivity contribution in [3.8, 4) is 0 Å². The van der Waals surface area contributed by atoms with E-state index in [0.717, 1.165) is 37.6 Å². The van der Waals surface area contributed by atoms with Crippen molar-refractivity contribution in [2.24, 2.45) is 5.92 Å². The van der Waals surface area contributed by atoms with E-state index in [0.29, 0.717) is 5.92 Å². The molecule has 4 heteroatoms. The smallest absolute Gasteiger partial charge is 0.0564 e. The maximum atomic E-state index is 4.47. The molecule has 4 nitrogen and oxygen atoms in total. The van der Waals surface area contributed by atoms with E-state index in [9.17, 15) is 0 Å². The predicted octanol–water partition coefficient (Wildman–Crippen LogP) is 2.14. The van der Waals surface area contributed by atoms with Gasteiger partial charge in [0, 0.05) is 45.1 Å². The number of hydrogen-bond donors (Lipinski definition) is 1. The van der Waals surface area contributed by atoms with E-state index in [1.807, 2.05) is 19.3 Å². The van der Waals surface area contributed by atoms with Crippen LogP contribution in [0.1, 0.15) is 19.5 Å². The SMILES string of the molecule is CNc1ccnc(CN(CCN(C)C)CC(C)C)c1. The highest BCUT2D eigenvalue weighted by Gasteiger charge is 2.09. The van der Waals surface area contributed by atoms with Crippen LogP contribution in [-0.2, 0) is 6.54 Å². The number of rotatable bonds is 8. The molecular weight excluding hydrogens is 236 g/mol. The maximum Gasteiger partial charge on any atom is 0.0564 e. The molecule has 19 heavy (non-hydrogen) atoms. The molecule has 0 saturated carbocycles. The van der Waals surface area contributed by atoms with Crippen LogP contribution in [0.5, 0.6) is 0 Å². The fourth-order valence-electron chi connectivity index (χ4n) is 2.04. The van der Waals surface area contributed by atoms with Gasteiger partial charge in [-0.1, -0.05) is 13.8 Å². The second-order valence-corrected chi connectivity index (χ2v) is 5.72. The lowest BCUT2D eigenvalue weighted by molar-refractivity contribution is 0.210. The first-order chi connectivity index (χ1) is 9.01. The Bertz CT molecular complexity index is 363. The minimum absolute atomic E-state index is 0.676. The molecular formula is C15H28N4. The highest BCUT2D eigenvalue weighted by atomic mass is 15.2. The van der Waals surface area contributed by atoms with Crippen molar-refractivity contribution < 1.29 is 0 Å². The van der Waals surface area contributed by atoms with Crippen molar-refractivity contribution in [3.63, 3.8) is 0 Å².